The minimum Gasteiger partial charge on any atom is -0.400 e. The van der Waals surface area contributed by atoms with E-state index in [0.29, 0.717) is 5.70 Å². The topological polar surface area (TPSA) is 35.2 Å². The van der Waals surface area contributed by atoms with E-state index in [0.717, 1.165) is 0 Å². The van der Waals surface area contributed by atoms with Gasteiger partial charge in [-0.05, 0) is 19.9 Å². The Balaban J connectivity index is 4.31. The SMILES string of the molecule is C=C/C=C(/N)C(C)(C)OC. The van der Waals surface area contributed by atoms with E-state index in [4.69, 9.17) is 10.5 Å². The minimum atomic E-state index is -0.381. The molecule has 0 unspecified atom stereocenters. The number of allylic oxidation sites excluding steroid dienone is 2. The molecule has 0 radical (unpaired) electrons. The molecule has 0 aromatic rings. The molecule has 0 fully saturated rings. The summed E-state index contributed by atoms with van der Waals surface area (Å²) >= 11 is 0. The van der Waals surface area contributed by atoms with Crippen LogP contribution in [0.5, 0.6) is 0 Å². The van der Waals surface area contributed by atoms with Crippen molar-refractivity contribution in [1.82, 2.24) is 0 Å². The van der Waals surface area contributed by atoms with Crippen molar-refractivity contribution in [3.05, 3.63) is 24.4 Å². The highest BCUT2D eigenvalue weighted by atomic mass is 16.5. The number of nitrogens with two attached hydrogens (primary N) is 1. The van der Waals surface area contributed by atoms with Crippen LogP contribution in [0.3, 0.4) is 0 Å². The smallest absolute Gasteiger partial charge is 0.101 e. The van der Waals surface area contributed by atoms with Gasteiger partial charge in [0.25, 0.3) is 0 Å². The summed E-state index contributed by atoms with van der Waals surface area (Å²) < 4.78 is 5.11. The van der Waals surface area contributed by atoms with Crippen LogP contribution in [0.15, 0.2) is 24.4 Å². The molecule has 0 rings (SSSR count). The van der Waals surface area contributed by atoms with Gasteiger partial charge in [0, 0.05) is 12.8 Å². The van der Waals surface area contributed by atoms with Gasteiger partial charge in [-0.2, -0.15) is 0 Å². The van der Waals surface area contributed by atoms with Crippen molar-refractivity contribution < 1.29 is 4.74 Å². The number of methoxy groups -OCH3 is 1. The van der Waals surface area contributed by atoms with Gasteiger partial charge in [-0.15, -0.1) is 0 Å². The first-order valence-electron chi connectivity index (χ1n) is 3.18. The summed E-state index contributed by atoms with van der Waals surface area (Å²) in [4.78, 5) is 0. The maximum absolute atomic E-state index is 5.64. The molecule has 0 aromatic carbocycles. The highest BCUT2D eigenvalue weighted by molar-refractivity contribution is 5.15. The number of ether oxygens (including phenoxy) is 1. The lowest BCUT2D eigenvalue weighted by Gasteiger charge is -2.22. The normalized spacial score (nSPS) is 13.3. The third-order valence-electron chi connectivity index (χ3n) is 1.50. The summed E-state index contributed by atoms with van der Waals surface area (Å²) in [7, 11) is 1.63. The van der Waals surface area contributed by atoms with Crippen LogP contribution in [0.1, 0.15) is 13.8 Å². The van der Waals surface area contributed by atoms with E-state index in [9.17, 15) is 0 Å². The van der Waals surface area contributed by atoms with Crippen LogP contribution < -0.4 is 5.73 Å². The molecule has 0 amide bonds. The molecule has 0 aromatic heterocycles. The second kappa shape index (κ2) is 3.42. The highest BCUT2D eigenvalue weighted by Gasteiger charge is 2.18. The Morgan fingerprint density at radius 1 is 1.60 bits per heavy atom. The van der Waals surface area contributed by atoms with Crippen LogP contribution in [0, 0.1) is 0 Å². The summed E-state index contributed by atoms with van der Waals surface area (Å²) in [5.74, 6) is 0. The zero-order valence-electron chi connectivity index (χ0n) is 6.85. The van der Waals surface area contributed by atoms with Gasteiger partial charge in [-0.1, -0.05) is 12.7 Å². The Kier molecular flexibility index (Phi) is 3.16. The van der Waals surface area contributed by atoms with Gasteiger partial charge in [-0.3, -0.25) is 0 Å². The Hall–Kier alpha value is -0.760. The first-order valence-corrected chi connectivity index (χ1v) is 3.18. The van der Waals surface area contributed by atoms with E-state index in [2.05, 4.69) is 6.58 Å². The van der Waals surface area contributed by atoms with Crippen molar-refractivity contribution in [2.45, 2.75) is 19.4 Å². The molecular weight excluding hydrogens is 126 g/mol. The van der Waals surface area contributed by atoms with Gasteiger partial charge in [-0.25, -0.2) is 0 Å². The third kappa shape index (κ3) is 2.23. The molecule has 10 heavy (non-hydrogen) atoms. The predicted octanol–water partition coefficient (Wildman–Crippen LogP) is 1.44. The predicted molar refractivity (Wildman–Crippen MR) is 43.6 cm³/mol. The summed E-state index contributed by atoms with van der Waals surface area (Å²) in [5.41, 5.74) is 5.94. The molecule has 58 valence electrons. The monoisotopic (exact) mass is 141 g/mol. The lowest BCUT2D eigenvalue weighted by molar-refractivity contribution is 0.0538. The first kappa shape index (κ1) is 9.24. The third-order valence-corrected chi connectivity index (χ3v) is 1.50. The van der Waals surface area contributed by atoms with Gasteiger partial charge in [0.2, 0.25) is 0 Å². The van der Waals surface area contributed by atoms with E-state index in [1.165, 1.54) is 0 Å². The van der Waals surface area contributed by atoms with E-state index >= 15 is 0 Å². The average Bonchev–Trinajstić information content (AvgIpc) is 1.89. The molecule has 0 heterocycles. The fourth-order valence-electron chi connectivity index (χ4n) is 0.446. The van der Waals surface area contributed by atoms with Crippen molar-refractivity contribution in [1.29, 1.82) is 0 Å². The Labute approximate surface area is 62.4 Å². The fraction of sp³-hybridized carbons (Fsp3) is 0.500. The van der Waals surface area contributed by atoms with Crippen LogP contribution in [0.2, 0.25) is 0 Å². The van der Waals surface area contributed by atoms with Gasteiger partial charge < -0.3 is 10.5 Å². The van der Waals surface area contributed by atoms with E-state index in [-0.39, 0.29) is 5.60 Å². The lowest BCUT2D eigenvalue weighted by atomic mass is 10.1. The van der Waals surface area contributed by atoms with Crippen molar-refractivity contribution in [3.63, 3.8) is 0 Å². The summed E-state index contributed by atoms with van der Waals surface area (Å²) in [6, 6.07) is 0. The molecule has 2 nitrogen and oxygen atoms in total. The van der Waals surface area contributed by atoms with Crippen LogP contribution in [-0.2, 0) is 4.74 Å². The summed E-state index contributed by atoms with van der Waals surface area (Å²) in [6.07, 6.45) is 3.39. The quantitative estimate of drug-likeness (QED) is 0.603. The maximum atomic E-state index is 5.64. The van der Waals surface area contributed by atoms with E-state index < -0.39 is 0 Å². The highest BCUT2D eigenvalue weighted by Crippen LogP contribution is 2.14. The maximum Gasteiger partial charge on any atom is 0.101 e. The Morgan fingerprint density at radius 2 is 2.10 bits per heavy atom. The van der Waals surface area contributed by atoms with Crippen LogP contribution in [0.4, 0.5) is 0 Å². The van der Waals surface area contributed by atoms with Crippen molar-refractivity contribution in [2.75, 3.05) is 7.11 Å². The molecule has 0 saturated heterocycles. The molecular formula is C8H15NO. The molecule has 0 aliphatic heterocycles. The molecule has 0 bridgehead atoms. The largest absolute Gasteiger partial charge is 0.400 e. The zero-order chi connectivity index (χ0) is 8.20. The van der Waals surface area contributed by atoms with Crippen molar-refractivity contribution in [3.8, 4) is 0 Å². The number of rotatable bonds is 3. The molecule has 0 saturated carbocycles. The van der Waals surface area contributed by atoms with Crippen LogP contribution >= 0.6 is 0 Å². The van der Waals surface area contributed by atoms with Crippen molar-refractivity contribution in [2.24, 2.45) is 5.73 Å². The van der Waals surface area contributed by atoms with Gasteiger partial charge in [0.15, 0.2) is 0 Å². The van der Waals surface area contributed by atoms with E-state index in [1.807, 2.05) is 13.8 Å². The van der Waals surface area contributed by atoms with E-state index in [1.54, 1.807) is 19.3 Å². The van der Waals surface area contributed by atoms with Crippen molar-refractivity contribution >= 4 is 0 Å². The average molecular weight is 141 g/mol. The molecule has 0 aliphatic rings. The second-order valence-electron chi connectivity index (χ2n) is 2.57. The molecule has 2 heteroatoms. The van der Waals surface area contributed by atoms with Crippen LogP contribution in [-0.4, -0.2) is 12.7 Å². The number of hydrogen-bond acceptors (Lipinski definition) is 2. The minimum absolute atomic E-state index is 0.381. The van der Waals surface area contributed by atoms with Gasteiger partial charge in [0.1, 0.15) is 5.60 Å². The summed E-state index contributed by atoms with van der Waals surface area (Å²) in [5, 5.41) is 0. The Morgan fingerprint density at radius 3 is 2.40 bits per heavy atom. The molecule has 2 N–H and O–H groups in total. The standard InChI is InChI=1S/C8H15NO/c1-5-6-7(9)8(2,3)10-4/h5-6H,1,9H2,2-4H3/b7-6+. The Bertz CT molecular complexity index is 147. The number of hydrogen-bond donors (Lipinski definition) is 1. The van der Waals surface area contributed by atoms with Crippen LogP contribution in [0.25, 0.3) is 0 Å². The van der Waals surface area contributed by atoms with Gasteiger partial charge >= 0.3 is 0 Å². The van der Waals surface area contributed by atoms with Gasteiger partial charge in [0.05, 0.1) is 0 Å². The zero-order valence-corrected chi connectivity index (χ0v) is 6.85. The molecule has 0 aliphatic carbocycles. The summed E-state index contributed by atoms with van der Waals surface area (Å²) in [6.45, 7) is 7.35. The molecule has 0 spiro atoms. The second-order valence-corrected chi connectivity index (χ2v) is 2.57. The fourth-order valence-corrected chi connectivity index (χ4v) is 0.446. The lowest BCUT2D eigenvalue weighted by Crippen LogP contribution is -2.30. The first-order chi connectivity index (χ1) is 4.54. The molecule has 0 atom stereocenters.